The van der Waals surface area contributed by atoms with Gasteiger partial charge in [-0.05, 0) is 55.6 Å². The van der Waals surface area contributed by atoms with Crippen LogP contribution in [0.1, 0.15) is 42.3 Å². The Morgan fingerprint density at radius 1 is 1.00 bits per heavy atom. The molecule has 0 spiro atoms. The molecule has 6 rings (SSSR count). The topological polar surface area (TPSA) is 92.2 Å². The SMILES string of the molecule is CN1CCN(c2cc3c(cc2NS(C)(=O)=O)c(C=Cc2cccc(CN4CCOCC4)c2)nn3C2CCCCO2)CC1. The molecule has 4 heterocycles. The van der Waals surface area contributed by atoms with Gasteiger partial charge in [-0.1, -0.05) is 30.3 Å². The van der Waals surface area contributed by atoms with Gasteiger partial charge in [-0.3, -0.25) is 9.62 Å². The molecule has 10 nitrogen and oxygen atoms in total. The first-order valence-corrected chi connectivity index (χ1v) is 16.9. The van der Waals surface area contributed by atoms with Crippen molar-refractivity contribution in [2.24, 2.45) is 0 Å². The van der Waals surface area contributed by atoms with Crippen molar-refractivity contribution in [3.05, 3.63) is 53.2 Å². The van der Waals surface area contributed by atoms with Crippen molar-refractivity contribution in [2.75, 3.05) is 82.0 Å². The van der Waals surface area contributed by atoms with Crippen molar-refractivity contribution in [1.29, 1.82) is 0 Å². The molecule has 3 aliphatic heterocycles. The van der Waals surface area contributed by atoms with Gasteiger partial charge in [0.15, 0.2) is 6.23 Å². The monoisotopic (exact) mass is 594 g/mol. The van der Waals surface area contributed by atoms with Crippen LogP contribution in [0.2, 0.25) is 0 Å². The predicted octanol–water partition coefficient (Wildman–Crippen LogP) is 3.86. The lowest BCUT2D eigenvalue weighted by Crippen LogP contribution is -2.44. The molecule has 0 saturated carbocycles. The first-order chi connectivity index (χ1) is 20.3. The van der Waals surface area contributed by atoms with Gasteiger partial charge in [-0.2, -0.15) is 5.10 Å². The van der Waals surface area contributed by atoms with Gasteiger partial charge in [0.25, 0.3) is 0 Å². The lowest BCUT2D eigenvalue weighted by molar-refractivity contribution is -0.0367. The zero-order valence-electron chi connectivity index (χ0n) is 24.7. The number of fused-ring (bicyclic) bond motifs is 1. The molecule has 0 aliphatic carbocycles. The van der Waals surface area contributed by atoms with E-state index in [0.29, 0.717) is 12.3 Å². The Labute approximate surface area is 248 Å². The number of aromatic nitrogens is 2. The standard InChI is InChI=1S/C31H42N6O4S/c1-34-11-13-36(14-12-34)30-22-29-26(21-28(30)33-42(2,38)39)27(32-37(29)31-8-3-4-17-41-31)10-9-24-6-5-7-25(20-24)23-35-15-18-40-19-16-35/h5-7,9-10,20-22,31,33H,3-4,8,11-19,23H2,1-2H3. The number of benzene rings is 2. The zero-order valence-corrected chi connectivity index (χ0v) is 25.5. The summed E-state index contributed by atoms with van der Waals surface area (Å²) < 4.78 is 41.4. The van der Waals surface area contributed by atoms with Gasteiger partial charge in [0.05, 0.1) is 42.1 Å². The second-order valence-electron chi connectivity index (χ2n) is 11.7. The lowest BCUT2D eigenvalue weighted by atomic mass is 10.1. The lowest BCUT2D eigenvalue weighted by Gasteiger charge is -2.35. The number of nitrogens with zero attached hydrogens (tertiary/aromatic N) is 5. The van der Waals surface area contributed by atoms with Gasteiger partial charge in [-0.15, -0.1) is 0 Å². The third kappa shape index (κ3) is 6.98. The summed E-state index contributed by atoms with van der Waals surface area (Å²) in [4.78, 5) is 6.97. The van der Waals surface area contributed by atoms with Gasteiger partial charge in [0.2, 0.25) is 10.0 Å². The largest absolute Gasteiger partial charge is 0.379 e. The van der Waals surface area contributed by atoms with Crippen LogP contribution >= 0.6 is 0 Å². The number of ether oxygens (including phenoxy) is 2. The maximum Gasteiger partial charge on any atom is 0.229 e. The Kier molecular flexibility index (Phi) is 8.83. The minimum atomic E-state index is -3.49. The van der Waals surface area contributed by atoms with Crippen LogP contribution in [0.3, 0.4) is 0 Å². The van der Waals surface area contributed by atoms with Crippen LogP contribution in [0.25, 0.3) is 23.1 Å². The Morgan fingerprint density at radius 2 is 1.81 bits per heavy atom. The number of hydrogen-bond donors (Lipinski definition) is 1. The van der Waals surface area contributed by atoms with Gasteiger partial charge in [-0.25, -0.2) is 13.1 Å². The van der Waals surface area contributed by atoms with E-state index >= 15 is 0 Å². The minimum Gasteiger partial charge on any atom is -0.379 e. The Bertz CT molecular complexity index is 1520. The molecule has 1 unspecified atom stereocenters. The second-order valence-corrected chi connectivity index (χ2v) is 13.4. The number of likely N-dealkylation sites (N-methyl/N-ethyl adjacent to an activating group) is 1. The van der Waals surface area contributed by atoms with Crippen LogP contribution in [-0.2, 0) is 26.0 Å². The van der Waals surface area contributed by atoms with E-state index < -0.39 is 10.0 Å². The number of sulfonamides is 1. The van der Waals surface area contributed by atoms with Crippen LogP contribution in [0, 0.1) is 0 Å². The number of hydrogen-bond acceptors (Lipinski definition) is 8. The maximum absolute atomic E-state index is 12.4. The van der Waals surface area contributed by atoms with E-state index in [-0.39, 0.29) is 6.23 Å². The van der Waals surface area contributed by atoms with Crippen molar-refractivity contribution in [3.8, 4) is 0 Å². The van der Waals surface area contributed by atoms with Crippen molar-refractivity contribution in [2.45, 2.75) is 32.0 Å². The Balaban J connectivity index is 1.38. The summed E-state index contributed by atoms with van der Waals surface area (Å²) >= 11 is 0. The molecule has 226 valence electrons. The third-order valence-electron chi connectivity index (χ3n) is 8.31. The number of morpholine rings is 1. The van der Waals surface area contributed by atoms with Gasteiger partial charge >= 0.3 is 0 Å². The van der Waals surface area contributed by atoms with Crippen LogP contribution in [0.5, 0.6) is 0 Å². The molecule has 3 saturated heterocycles. The average Bonchev–Trinajstić information content (AvgIpc) is 3.34. The van der Waals surface area contributed by atoms with E-state index in [0.717, 1.165) is 106 Å². The zero-order chi connectivity index (χ0) is 29.1. The quantitative estimate of drug-likeness (QED) is 0.421. The summed E-state index contributed by atoms with van der Waals surface area (Å²) in [5.74, 6) is 0. The summed E-state index contributed by atoms with van der Waals surface area (Å²) in [6.07, 6.45) is 8.23. The van der Waals surface area contributed by atoms with E-state index in [1.165, 1.54) is 11.8 Å². The highest BCUT2D eigenvalue weighted by Crippen LogP contribution is 2.37. The van der Waals surface area contributed by atoms with Gasteiger partial charge in [0.1, 0.15) is 0 Å². The number of nitrogens with one attached hydrogen (secondary N) is 1. The molecular formula is C31H42N6O4S. The van der Waals surface area contributed by atoms with Gasteiger partial charge < -0.3 is 19.3 Å². The highest BCUT2D eigenvalue weighted by atomic mass is 32.2. The third-order valence-corrected chi connectivity index (χ3v) is 8.91. The first kappa shape index (κ1) is 29.1. The molecule has 3 aromatic rings. The van der Waals surface area contributed by atoms with Crippen molar-refractivity contribution >= 4 is 44.5 Å². The molecule has 11 heteroatoms. The average molecular weight is 595 g/mol. The van der Waals surface area contributed by atoms with Crippen molar-refractivity contribution in [3.63, 3.8) is 0 Å². The molecule has 0 bridgehead atoms. The fraction of sp³-hybridized carbons (Fsp3) is 0.516. The van der Waals surface area contributed by atoms with E-state index in [9.17, 15) is 8.42 Å². The summed E-state index contributed by atoms with van der Waals surface area (Å²) in [6, 6.07) is 12.6. The van der Waals surface area contributed by atoms with E-state index in [2.05, 4.69) is 62.9 Å². The second kappa shape index (κ2) is 12.7. The highest BCUT2D eigenvalue weighted by Gasteiger charge is 2.25. The van der Waals surface area contributed by atoms with E-state index in [4.69, 9.17) is 14.6 Å². The summed E-state index contributed by atoms with van der Waals surface area (Å²) in [7, 11) is -1.37. The molecule has 0 amide bonds. The molecule has 42 heavy (non-hydrogen) atoms. The predicted molar refractivity (Wildman–Crippen MR) is 168 cm³/mol. The first-order valence-electron chi connectivity index (χ1n) is 15.0. The van der Waals surface area contributed by atoms with E-state index in [1.807, 2.05) is 16.8 Å². The fourth-order valence-electron chi connectivity index (χ4n) is 6.03. The molecule has 2 aromatic carbocycles. The number of piperazine rings is 1. The fourth-order valence-corrected chi connectivity index (χ4v) is 6.60. The summed E-state index contributed by atoms with van der Waals surface area (Å²) in [5, 5.41) is 5.96. The minimum absolute atomic E-state index is 0.144. The van der Waals surface area contributed by atoms with Crippen molar-refractivity contribution in [1.82, 2.24) is 19.6 Å². The number of rotatable bonds is 8. The van der Waals surface area contributed by atoms with Crippen LogP contribution in [0.15, 0.2) is 36.4 Å². The van der Waals surface area contributed by atoms with Crippen LogP contribution in [-0.4, -0.2) is 100 Å². The van der Waals surface area contributed by atoms with Crippen LogP contribution < -0.4 is 9.62 Å². The molecular weight excluding hydrogens is 552 g/mol. The molecule has 3 aliphatic rings. The normalized spacial score (nSPS) is 21.4. The highest BCUT2D eigenvalue weighted by molar-refractivity contribution is 7.92. The van der Waals surface area contributed by atoms with E-state index in [1.54, 1.807) is 0 Å². The van der Waals surface area contributed by atoms with Gasteiger partial charge in [0, 0.05) is 57.8 Å². The summed E-state index contributed by atoms with van der Waals surface area (Å²) in [5.41, 5.74) is 5.57. The molecule has 3 fully saturated rings. The molecule has 1 N–H and O–H groups in total. The maximum atomic E-state index is 12.4. The summed E-state index contributed by atoms with van der Waals surface area (Å²) in [6.45, 7) is 8.56. The van der Waals surface area contributed by atoms with Crippen molar-refractivity contribution < 1.29 is 17.9 Å². The molecule has 1 atom stereocenters. The number of anilines is 2. The molecule has 0 radical (unpaired) electrons. The Hall–Kier alpha value is -2.96. The van der Waals surface area contributed by atoms with Crippen LogP contribution in [0.4, 0.5) is 11.4 Å². The molecule has 1 aromatic heterocycles. The smallest absolute Gasteiger partial charge is 0.229 e. The Morgan fingerprint density at radius 3 is 2.55 bits per heavy atom.